The number of hydrogen-bond donors (Lipinski definition) is 1. The van der Waals surface area contributed by atoms with E-state index in [9.17, 15) is 0 Å². The molecule has 0 saturated carbocycles. The minimum Gasteiger partial charge on any atom is -0.441 e. The van der Waals surface area contributed by atoms with Gasteiger partial charge in [0.2, 0.25) is 0 Å². The standard InChI is InChI=1S/C17H24N2O/c1-4-9-18-10-5-6-17-19-12-16(20-17)15-8-7-13(2)11-14(15)3/h7-8,11-12,18H,4-6,9-10H2,1-3H3. The molecule has 0 aliphatic heterocycles. The first kappa shape index (κ1) is 14.8. The van der Waals surface area contributed by atoms with E-state index in [-0.39, 0.29) is 0 Å². The van der Waals surface area contributed by atoms with Crippen LogP contribution >= 0.6 is 0 Å². The van der Waals surface area contributed by atoms with Crippen LogP contribution in [-0.4, -0.2) is 18.1 Å². The van der Waals surface area contributed by atoms with Crippen molar-refractivity contribution in [2.24, 2.45) is 0 Å². The predicted octanol–water partition coefficient (Wildman–Crippen LogP) is 3.89. The number of aryl methyl sites for hydroxylation is 3. The lowest BCUT2D eigenvalue weighted by molar-refractivity contribution is 0.491. The molecule has 1 N–H and O–H groups in total. The molecule has 108 valence electrons. The van der Waals surface area contributed by atoms with Crippen LogP contribution in [0.3, 0.4) is 0 Å². The van der Waals surface area contributed by atoms with Crippen LogP contribution in [0.5, 0.6) is 0 Å². The van der Waals surface area contributed by atoms with E-state index in [4.69, 9.17) is 4.42 Å². The predicted molar refractivity (Wildman–Crippen MR) is 82.9 cm³/mol. The molecule has 0 spiro atoms. The average Bonchev–Trinajstić information content (AvgIpc) is 2.87. The number of oxazole rings is 1. The lowest BCUT2D eigenvalue weighted by Crippen LogP contribution is -2.16. The van der Waals surface area contributed by atoms with Crippen molar-refractivity contribution in [2.45, 2.75) is 40.0 Å². The monoisotopic (exact) mass is 272 g/mol. The molecular weight excluding hydrogens is 248 g/mol. The zero-order chi connectivity index (χ0) is 14.4. The van der Waals surface area contributed by atoms with Gasteiger partial charge in [0.25, 0.3) is 0 Å². The fourth-order valence-corrected chi connectivity index (χ4v) is 2.31. The molecule has 0 aliphatic carbocycles. The molecule has 1 heterocycles. The van der Waals surface area contributed by atoms with Crippen LogP contribution in [0.15, 0.2) is 28.8 Å². The highest BCUT2D eigenvalue weighted by Gasteiger charge is 2.08. The van der Waals surface area contributed by atoms with E-state index in [1.54, 1.807) is 0 Å². The second-order valence-corrected chi connectivity index (χ2v) is 5.29. The first-order chi connectivity index (χ1) is 9.70. The van der Waals surface area contributed by atoms with Crippen LogP contribution in [0, 0.1) is 13.8 Å². The van der Waals surface area contributed by atoms with Gasteiger partial charge in [-0.05, 0) is 45.3 Å². The summed E-state index contributed by atoms with van der Waals surface area (Å²) < 4.78 is 5.86. The Hall–Kier alpha value is -1.61. The molecule has 0 radical (unpaired) electrons. The molecule has 0 fully saturated rings. The number of nitrogens with one attached hydrogen (secondary N) is 1. The van der Waals surface area contributed by atoms with Crippen molar-refractivity contribution in [3.8, 4) is 11.3 Å². The van der Waals surface area contributed by atoms with Crippen LogP contribution in [-0.2, 0) is 6.42 Å². The van der Waals surface area contributed by atoms with Gasteiger partial charge in [-0.15, -0.1) is 0 Å². The van der Waals surface area contributed by atoms with Crippen LogP contribution in [0.1, 0.15) is 36.8 Å². The van der Waals surface area contributed by atoms with Crippen molar-refractivity contribution in [3.63, 3.8) is 0 Å². The van der Waals surface area contributed by atoms with E-state index in [1.807, 2.05) is 6.20 Å². The van der Waals surface area contributed by atoms with Crippen LogP contribution in [0.25, 0.3) is 11.3 Å². The third kappa shape index (κ3) is 3.94. The number of aromatic nitrogens is 1. The van der Waals surface area contributed by atoms with Crippen molar-refractivity contribution in [2.75, 3.05) is 13.1 Å². The fourth-order valence-electron chi connectivity index (χ4n) is 2.31. The Balaban J connectivity index is 1.95. The molecule has 0 amide bonds. The molecule has 3 nitrogen and oxygen atoms in total. The van der Waals surface area contributed by atoms with E-state index in [2.05, 4.69) is 49.3 Å². The molecule has 3 heteroatoms. The maximum atomic E-state index is 5.86. The molecule has 0 atom stereocenters. The molecule has 2 rings (SSSR count). The van der Waals surface area contributed by atoms with Gasteiger partial charge in [-0.2, -0.15) is 0 Å². The van der Waals surface area contributed by atoms with Gasteiger partial charge < -0.3 is 9.73 Å². The number of nitrogens with zero attached hydrogens (tertiary/aromatic N) is 1. The highest BCUT2D eigenvalue weighted by molar-refractivity contribution is 5.61. The fraction of sp³-hybridized carbons (Fsp3) is 0.471. The summed E-state index contributed by atoms with van der Waals surface area (Å²) in [6.07, 6.45) is 4.97. The smallest absolute Gasteiger partial charge is 0.194 e. The third-order valence-electron chi connectivity index (χ3n) is 3.37. The van der Waals surface area contributed by atoms with E-state index >= 15 is 0 Å². The van der Waals surface area contributed by atoms with Gasteiger partial charge in [0.1, 0.15) is 0 Å². The number of rotatable bonds is 7. The number of hydrogen-bond acceptors (Lipinski definition) is 3. The van der Waals surface area contributed by atoms with E-state index in [0.717, 1.165) is 43.1 Å². The minimum atomic E-state index is 0.832. The molecule has 2 aromatic rings. The molecule has 0 unspecified atom stereocenters. The summed E-state index contributed by atoms with van der Waals surface area (Å²) in [5.41, 5.74) is 3.64. The molecule has 20 heavy (non-hydrogen) atoms. The van der Waals surface area contributed by atoms with Crippen LogP contribution in [0.4, 0.5) is 0 Å². The SMILES string of the molecule is CCCNCCCc1ncc(-c2ccc(C)cc2C)o1. The average molecular weight is 272 g/mol. The van der Waals surface area contributed by atoms with Gasteiger partial charge in [-0.1, -0.05) is 30.7 Å². The second kappa shape index (κ2) is 7.25. The molecular formula is C17H24N2O. The van der Waals surface area contributed by atoms with Gasteiger partial charge in [0.05, 0.1) is 6.20 Å². The summed E-state index contributed by atoms with van der Waals surface area (Å²) in [7, 11) is 0. The second-order valence-electron chi connectivity index (χ2n) is 5.29. The summed E-state index contributed by atoms with van der Waals surface area (Å²) in [5.74, 6) is 1.71. The van der Waals surface area contributed by atoms with Crippen molar-refractivity contribution >= 4 is 0 Å². The van der Waals surface area contributed by atoms with Gasteiger partial charge in [-0.25, -0.2) is 4.98 Å². The highest BCUT2D eigenvalue weighted by Crippen LogP contribution is 2.25. The zero-order valence-electron chi connectivity index (χ0n) is 12.7. The van der Waals surface area contributed by atoms with Gasteiger partial charge in [-0.3, -0.25) is 0 Å². The van der Waals surface area contributed by atoms with Crippen molar-refractivity contribution in [3.05, 3.63) is 41.4 Å². The third-order valence-corrected chi connectivity index (χ3v) is 3.37. The quantitative estimate of drug-likeness (QED) is 0.777. The van der Waals surface area contributed by atoms with Gasteiger partial charge in [0.15, 0.2) is 11.7 Å². The first-order valence-corrected chi connectivity index (χ1v) is 7.43. The van der Waals surface area contributed by atoms with Crippen LogP contribution < -0.4 is 5.32 Å². The van der Waals surface area contributed by atoms with Crippen molar-refractivity contribution in [1.82, 2.24) is 10.3 Å². The summed E-state index contributed by atoms with van der Waals surface area (Å²) in [5, 5.41) is 3.39. The van der Waals surface area contributed by atoms with Gasteiger partial charge >= 0.3 is 0 Å². The Labute approximate surface area is 121 Å². The molecule has 1 aromatic carbocycles. The lowest BCUT2D eigenvalue weighted by Gasteiger charge is -2.03. The normalized spacial score (nSPS) is 10.9. The Morgan fingerprint density at radius 1 is 1.20 bits per heavy atom. The molecule has 0 saturated heterocycles. The van der Waals surface area contributed by atoms with Gasteiger partial charge in [0, 0.05) is 12.0 Å². The van der Waals surface area contributed by atoms with E-state index in [0.29, 0.717) is 0 Å². The topological polar surface area (TPSA) is 38.1 Å². The minimum absolute atomic E-state index is 0.832. The summed E-state index contributed by atoms with van der Waals surface area (Å²) in [6.45, 7) is 8.50. The van der Waals surface area contributed by atoms with Crippen molar-refractivity contribution in [1.29, 1.82) is 0 Å². The highest BCUT2D eigenvalue weighted by atomic mass is 16.4. The molecule has 1 aromatic heterocycles. The number of benzene rings is 1. The Kier molecular flexibility index (Phi) is 5.36. The van der Waals surface area contributed by atoms with Crippen molar-refractivity contribution < 1.29 is 4.42 Å². The maximum absolute atomic E-state index is 5.86. The zero-order valence-corrected chi connectivity index (χ0v) is 12.7. The summed E-state index contributed by atoms with van der Waals surface area (Å²) >= 11 is 0. The summed E-state index contributed by atoms with van der Waals surface area (Å²) in [6, 6.07) is 6.39. The van der Waals surface area contributed by atoms with E-state index < -0.39 is 0 Å². The maximum Gasteiger partial charge on any atom is 0.194 e. The first-order valence-electron chi connectivity index (χ1n) is 7.43. The molecule has 0 aliphatic rings. The lowest BCUT2D eigenvalue weighted by atomic mass is 10.0. The van der Waals surface area contributed by atoms with E-state index in [1.165, 1.54) is 17.5 Å². The Bertz CT molecular complexity index is 546. The largest absolute Gasteiger partial charge is 0.441 e. The Morgan fingerprint density at radius 3 is 2.80 bits per heavy atom. The van der Waals surface area contributed by atoms with Crippen LogP contribution in [0.2, 0.25) is 0 Å². The molecule has 0 bridgehead atoms. The Morgan fingerprint density at radius 2 is 2.05 bits per heavy atom. The summed E-state index contributed by atoms with van der Waals surface area (Å²) in [4.78, 5) is 4.38.